The summed E-state index contributed by atoms with van der Waals surface area (Å²) in [4.78, 5) is 0. The second-order valence-electron chi connectivity index (χ2n) is 6.43. The summed E-state index contributed by atoms with van der Waals surface area (Å²) in [6.45, 7) is 3.38. The van der Waals surface area contributed by atoms with Crippen LogP contribution >= 0.6 is 11.3 Å². The Morgan fingerprint density at radius 3 is 2.86 bits per heavy atom. The highest BCUT2D eigenvalue weighted by molar-refractivity contribution is 7.17. The number of nitrogens with one attached hydrogen (secondary N) is 1. The van der Waals surface area contributed by atoms with E-state index in [1.54, 1.807) is 0 Å². The van der Waals surface area contributed by atoms with E-state index < -0.39 is 0 Å². The lowest BCUT2D eigenvalue weighted by Crippen LogP contribution is -2.25. The van der Waals surface area contributed by atoms with E-state index >= 15 is 0 Å². The minimum Gasteiger partial charge on any atom is -0.310 e. The third-order valence-corrected chi connectivity index (χ3v) is 5.80. The molecule has 1 aromatic carbocycles. The minimum atomic E-state index is 0.537. The van der Waals surface area contributed by atoms with Gasteiger partial charge in [-0.2, -0.15) is 0 Å². The van der Waals surface area contributed by atoms with Crippen LogP contribution in [0, 0.1) is 5.92 Å². The van der Waals surface area contributed by atoms with E-state index in [4.69, 9.17) is 0 Å². The van der Waals surface area contributed by atoms with Crippen molar-refractivity contribution >= 4 is 21.4 Å². The van der Waals surface area contributed by atoms with Crippen molar-refractivity contribution < 1.29 is 0 Å². The zero-order valence-corrected chi connectivity index (χ0v) is 13.9. The van der Waals surface area contributed by atoms with Crippen LogP contribution in [0.2, 0.25) is 0 Å². The van der Waals surface area contributed by atoms with Gasteiger partial charge in [0, 0.05) is 10.7 Å². The molecule has 1 nitrogen and oxygen atoms in total. The molecule has 0 saturated heterocycles. The maximum atomic E-state index is 3.82. The smallest absolute Gasteiger partial charge is 0.0390 e. The average molecular weight is 301 g/mol. The summed E-state index contributed by atoms with van der Waals surface area (Å²) in [6, 6.07) is 9.60. The number of hydrogen-bond acceptors (Lipinski definition) is 2. The molecular formula is C19H27NS. The van der Waals surface area contributed by atoms with E-state index in [2.05, 4.69) is 41.9 Å². The standard InChI is InChI=1S/C19H27NS/c1-2-12-20-18(14-15-7-4-3-5-8-15)17-10-6-9-16-11-13-21-19(16)17/h6,9-11,13,15,18,20H,2-5,7-8,12,14H2,1H3. The predicted molar refractivity (Wildman–Crippen MR) is 94.1 cm³/mol. The fraction of sp³-hybridized carbons (Fsp3) is 0.579. The zero-order valence-electron chi connectivity index (χ0n) is 13.1. The van der Waals surface area contributed by atoms with Gasteiger partial charge in [0.1, 0.15) is 0 Å². The second-order valence-corrected chi connectivity index (χ2v) is 7.35. The van der Waals surface area contributed by atoms with Crippen molar-refractivity contribution in [1.29, 1.82) is 0 Å². The molecule has 1 unspecified atom stereocenters. The van der Waals surface area contributed by atoms with Gasteiger partial charge in [0.2, 0.25) is 0 Å². The molecular weight excluding hydrogens is 274 g/mol. The van der Waals surface area contributed by atoms with E-state index in [-0.39, 0.29) is 0 Å². The molecule has 0 bridgehead atoms. The minimum absolute atomic E-state index is 0.537. The third kappa shape index (κ3) is 3.67. The van der Waals surface area contributed by atoms with Crippen LogP contribution in [0.25, 0.3) is 10.1 Å². The van der Waals surface area contributed by atoms with Crippen LogP contribution in [0.5, 0.6) is 0 Å². The molecule has 1 saturated carbocycles. The van der Waals surface area contributed by atoms with Crippen LogP contribution in [0.4, 0.5) is 0 Å². The van der Waals surface area contributed by atoms with Crippen LogP contribution in [0.15, 0.2) is 29.6 Å². The van der Waals surface area contributed by atoms with Crippen molar-refractivity contribution in [2.75, 3.05) is 6.54 Å². The molecule has 1 heterocycles. The molecule has 3 rings (SSSR count). The Balaban J connectivity index is 1.81. The molecule has 1 aromatic heterocycles. The van der Waals surface area contributed by atoms with Crippen LogP contribution in [-0.4, -0.2) is 6.54 Å². The Morgan fingerprint density at radius 2 is 2.05 bits per heavy atom. The molecule has 1 fully saturated rings. The molecule has 1 atom stereocenters. The van der Waals surface area contributed by atoms with E-state index in [9.17, 15) is 0 Å². The van der Waals surface area contributed by atoms with Gasteiger partial charge in [-0.15, -0.1) is 11.3 Å². The topological polar surface area (TPSA) is 12.0 Å². The Bertz CT molecular complexity index is 553. The Hall–Kier alpha value is -0.860. The van der Waals surface area contributed by atoms with Gasteiger partial charge in [-0.3, -0.25) is 0 Å². The lowest BCUT2D eigenvalue weighted by Gasteiger charge is -2.28. The summed E-state index contributed by atoms with van der Waals surface area (Å²) in [7, 11) is 0. The first kappa shape index (κ1) is 15.1. The Morgan fingerprint density at radius 1 is 1.19 bits per heavy atom. The lowest BCUT2D eigenvalue weighted by atomic mass is 9.83. The van der Waals surface area contributed by atoms with Gasteiger partial charge in [0.25, 0.3) is 0 Å². The zero-order chi connectivity index (χ0) is 14.5. The van der Waals surface area contributed by atoms with Crippen LogP contribution in [0.3, 0.4) is 0 Å². The molecule has 0 radical (unpaired) electrons. The SMILES string of the molecule is CCCNC(CC1CCCCC1)c1cccc2ccsc12. The number of rotatable bonds is 6. The highest BCUT2D eigenvalue weighted by Crippen LogP contribution is 2.36. The molecule has 1 N–H and O–H groups in total. The second kappa shape index (κ2) is 7.42. The van der Waals surface area contributed by atoms with Crippen LogP contribution in [0.1, 0.15) is 63.5 Å². The number of fused-ring (bicyclic) bond motifs is 1. The number of hydrogen-bond donors (Lipinski definition) is 1. The lowest BCUT2D eigenvalue weighted by molar-refractivity contribution is 0.300. The molecule has 21 heavy (non-hydrogen) atoms. The van der Waals surface area contributed by atoms with Gasteiger partial charge in [0.15, 0.2) is 0 Å². The molecule has 2 aromatic rings. The van der Waals surface area contributed by atoms with Gasteiger partial charge in [-0.1, -0.05) is 57.2 Å². The quantitative estimate of drug-likeness (QED) is 0.699. The van der Waals surface area contributed by atoms with E-state index in [0.717, 1.165) is 12.5 Å². The van der Waals surface area contributed by atoms with Crippen molar-refractivity contribution in [2.45, 2.75) is 57.9 Å². The molecule has 2 heteroatoms. The fourth-order valence-electron chi connectivity index (χ4n) is 3.69. The monoisotopic (exact) mass is 301 g/mol. The van der Waals surface area contributed by atoms with Crippen molar-refractivity contribution in [3.8, 4) is 0 Å². The first-order valence-electron chi connectivity index (χ1n) is 8.58. The van der Waals surface area contributed by atoms with E-state index in [0.29, 0.717) is 6.04 Å². The Kier molecular flexibility index (Phi) is 5.32. The van der Waals surface area contributed by atoms with Gasteiger partial charge in [-0.25, -0.2) is 0 Å². The average Bonchev–Trinajstić information content (AvgIpc) is 3.01. The normalized spacial score (nSPS) is 18.1. The first-order chi connectivity index (χ1) is 10.4. The van der Waals surface area contributed by atoms with Crippen molar-refractivity contribution in [2.24, 2.45) is 5.92 Å². The molecule has 0 aliphatic heterocycles. The predicted octanol–water partition coefficient (Wildman–Crippen LogP) is 5.91. The highest BCUT2D eigenvalue weighted by atomic mass is 32.1. The summed E-state index contributed by atoms with van der Waals surface area (Å²) in [5.41, 5.74) is 1.53. The summed E-state index contributed by atoms with van der Waals surface area (Å²) in [6.07, 6.45) is 9.72. The first-order valence-corrected chi connectivity index (χ1v) is 9.46. The number of benzene rings is 1. The maximum Gasteiger partial charge on any atom is 0.0390 e. The van der Waals surface area contributed by atoms with Gasteiger partial charge < -0.3 is 5.32 Å². The highest BCUT2D eigenvalue weighted by Gasteiger charge is 2.21. The largest absolute Gasteiger partial charge is 0.310 e. The molecule has 1 aliphatic rings. The molecule has 114 valence electrons. The number of thiophene rings is 1. The van der Waals surface area contributed by atoms with Crippen LogP contribution in [-0.2, 0) is 0 Å². The Labute approximate surface area is 132 Å². The van der Waals surface area contributed by atoms with Crippen molar-refractivity contribution in [3.05, 3.63) is 35.2 Å². The van der Waals surface area contributed by atoms with Crippen molar-refractivity contribution in [3.63, 3.8) is 0 Å². The van der Waals surface area contributed by atoms with Crippen LogP contribution < -0.4 is 5.32 Å². The molecule has 0 spiro atoms. The van der Waals surface area contributed by atoms with E-state index in [1.165, 1.54) is 60.6 Å². The van der Waals surface area contributed by atoms with Gasteiger partial charge in [-0.05, 0) is 47.7 Å². The summed E-state index contributed by atoms with van der Waals surface area (Å²) in [5, 5.41) is 7.46. The molecule has 1 aliphatic carbocycles. The fourth-order valence-corrected chi connectivity index (χ4v) is 4.65. The maximum absolute atomic E-state index is 3.82. The van der Waals surface area contributed by atoms with Gasteiger partial charge >= 0.3 is 0 Å². The summed E-state index contributed by atoms with van der Waals surface area (Å²) < 4.78 is 1.49. The van der Waals surface area contributed by atoms with E-state index in [1.807, 2.05) is 11.3 Å². The summed E-state index contributed by atoms with van der Waals surface area (Å²) >= 11 is 1.90. The van der Waals surface area contributed by atoms with Crippen molar-refractivity contribution in [1.82, 2.24) is 5.32 Å². The third-order valence-electron chi connectivity index (χ3n) is 4.82. The summed E-state index contributed by atoms with van der Waals surface area (Å²) in [5.74, 6) is 0.920. The molecule has 0 amide bonds. The van der Waals surface area contributed by atoms with Gasteiger partial charge in [0.05, 0.1) is 0 Å².